The fourth-order valence-corrected chi connectivity index (χ4v) is 3.32. The van der Waals surface area contributed by atoms with Crippen molar-refractivity contribution in [2.45, 2.75) is 0 Å². The van der Waals surface area contributed by atoms with E-state index in [-0.39, 0.29) is 11.6 Å². The number of aromatic hydroxyl groups is 1. The van der Waals surface area contributed by atoms with E-state index in [1.54, 1.807) is 36.4 Å². The molecule has 0 saturated heterocycles. The van der Waals surface area contributed by atoms with E-state index in [1.165, 1.54) is 6.07 Å². The summed E-state index contributed by atoms with van der Waals surface area (Å²) in [5.74, 6) is -0.148. The first-order valence-electron chi connectivity index (χ1n) is 7.24. The number of rotatable bonds is 1. The minimum Gasteiger partial charge on any atom is -0.507 e. The highest BCUT2D eigenvalue weighted by atomic mass is 35.5. The molecule has 0 radical (unpaired) electrons. The summed E-state index contributed by atoms with van der Waals surface area (Å²) in [5.41, 5.74) is 1.50. The maximum atomic E-state index is 14.5. The summed E-state index contributed by atoms with van der Waals surface area (Å²) in [6.45, 7) is 0. The first-order valence-corrected chi connectivity index (χ1v) is 7.62. The van der Waals surface area contributed by atoms with Gasteiger partial charge in [-0.1, -0.05) is 60.1 Å². The van der Waals surface area contributed by atoms with E-state index >= 15 is 0 Å². The van der Waals surface area contributed by atoms with Gasteiger partial charge in [-0.25, -0.2) is 4.39 Å². The van der Waals surface area contributed by atoms with E-state index in [0.29, 0.717) is 21.2 Å². The first-order chi connectivity index (χ1) is 11.2. The van der Waals surface area contributed by atoms with E-state index in [1.807, 2.05) is 24.3 Å². The molecule has 0 saturated carbocycles. The lowest BCUT2D eigenvalue weighted by atomic mass is 9.93. The topological polar surface area (TPSA) is 20.2 Å². The number of hydrogen-bond donors (Lipinski definition) is 1. The zero-order valence-corrected chi connectivity index (χ0v) is 12.8. The van der Waals surface area contributed by atoms with Crippen molar-refractivity contribution in [2.24, 2.45) is 0 Å². The highest BCUT2D eigenvalue weighted by Gasteiger charge is 2.14. The Balaban J connectivity index is 2.19. The zero-order chi connectivity index (χ0) is 16.0. The van der Waals surface area contributed by atoms with Crippen LogP contribution in [0.3, 0.4) is 0 Å². The van der Waals surface area contributed by atoms with Crippen molar-refractivity contribution in [3.8, 4) is 16.9 Å². The number of fused-ring (bicyclic) bond motifs is 2. The molecule has 4 rings (SSSR count). The quantitative estimate of drug-likeness (QED) is 0.445. The van der Waals surface area contributed by atoms with Crippen LogP contribution in [0.2, 0.25) is 5.02 Å². The molecule has 0 fully saturated rings. The Hall–Kier alpha value is -2.58. The van der Waals surface area contributed by atoms with Crippen molar-refractivity contribution in [1.29, 1.82) is 0 Å². The van der Waals surface area contributed by atoms with Crippen molar-refractivity contribution in [3.05, 3.63) is 77.6 Å². The molecule has 0 aliphatic rings. The fourth-order valence-electron chi connectivity index (χ4n) is 3.10. The molecule has 0 spiro atoms. The lowest BCUT2D eigenvalue weighted by Gasteiger charge is -2.13. The third-order valence-corrected chi connectivity index (χ3v) is 4.44. The van der Waals surface area contributed by atoms with Gasteiger partial charge in [0.2, 0.25) is 0 Å². The largest absolute Gasteiger partial charge is 0.507 e. The molecular formula is C20H12ClFO. The molecular weight excluding hydrogens is 311 g/mol. The van der Waals surface area contributed by atoms with Gasteiger partial charge in [0.05, 0.1) is 0 Å². The van der Waals surface area contributed by atoms with Crippen LogP contribution < -0.4 is 0 Å². The lowest BCUT2D eigenvalue weighted by molar-refractivity contribution is 0.482. The van der Waals surface area contributed by atoms with Gasteiger partial charge in [0.15, 0.2) is 0 Å². The number of benzene rings is 4. The number of halogens is 2. The molecule has 0 unspecified atom stereocenters. The van der Waals surface area contributed by atoms with E-state index < -0.39 is 0 Å². The Kier molecular flexibility index (Phi) is 3.21. The van der Waals surface area contributed by atoms with Gasteiger partial charge in [-0.15, -0.1) is 0 Å². The van der Waals surface area contributed by atoms with Crippen LogP contribution in [0.15, 0.2) is 66.7 Å². The summed E-state index contributed by atoms with van der Waals surface area (Å²) in [4.78, 5) is 0. The van der Waals surface area contributed by atoms with Crippen LogP contribution in [0.25, 0.3) is 32.7 Å². The summed E-state index contributed by atoms with van der Waals surface area (Å²) in [7, 11) is 0. The van der Waals surface area contributed by atoms with Crippen LogP contribution in [0, 0.1) is 5.82 Å². The molecule has 1 nitrogen and oxygen atoms in total. The third-order valence-electron chi connectivity index (χ3n) is 4.11. The van der Waals surface area contributed by atoms with Crippen LogP contribution in [0.5, 0.6) is 5.75 Å². The summed E-state index contributed by atoms with van der Waals surface area (Å²) in [6, 6.07) is 19.5. The van der Waals surface area contributed by atoms with Crippen LogP contribution >= 0.6 is 11.6 Å². The maximum Gasteiger partial charge on any atom is 0.131 e. The van der Waals surface area contributed by atoms with Gasteiger partial charge in [0, 0.05) is 21.2 Å². The predicted octanol–water partition coefficient (Wildman–Crippen LogP) is 6.16. The molecule has 0 aliphatic heterocycles. The van der Waals surface area contributed by atoms with Gasteiger partial charge in [-0.05, 0) is 34.7 Å². The van der Waals surface area contributed by atoms with Crippen LogP contribution in [-0.2, 0) is 0 Å². The van der Waals surface area contributed by atoms with E-state index in [0.717, 1.165) is 16.5 Å². The zero-order valence-electron chi connectivity index (χ0n) is 12.1. The highest BCUT2D eigenvalue weighted by molar-refractivity contribution is 6.36. The van der Waals surface area contributed by atoms with Crippen molar-refractivity contribution in [3.63, 3.8) is 0 Å². The third kappa shape index (κ3) is 2.14. The minimum absolute atomic E-state index is 0.178. The fraction of sp³-hybridized carbons (Fsp3) is 0. The molecule has 1 N–H and O–H groups in total. The Labute approximate surface area is 137 Å². The Morgan fingerprint density at radius 2 is 1.43 bits per heavy atom. The average Bonchev–Trinajstić information content (AvgIpc) is 2.56. The maximum absolute atomic E-state index is 14.5. The Morgan fingerprint density at radius 1 is 0.739 bits per heavy atom. The summed E-state index contributed by atoms with van der Waals surface area (Å²) in [5, 5.41) is 13.5. The van der Waals surface area contributed by atoms with E-state index in [2.05, 4.69) is 0 Å². The molecule has 4 aromatic carbocycles. The molecule has 0 atom stereocenters. The second-order valence-corrected chi connectivity index (χ2v) is 5.85. The standard InChI is InChI=1S/C20H12ClFO/c21-16-11-10-14(20-15(16)7-3-8-17(20)22)13-6-1-4-12-5-2-9-18(23)19(12)13/h1-11,23H. The minimum atomic E-state index is -0.326. The highest BCUT2D eigenvalue weighted by Crippen LogP contribution is 2.40. The van der Waals surface area contributed by atoms with E-state index in [4.69, 9.17) is 11.6 Å². The SMILES string of the molecule is Oc1cccc2cccc(-c3ccc(Cl)c4cccc(F)c34)c12. The van der Waals surface area contributed by atoms with Crippen molar-refractivity contribution in [2.75, 3.05) is 0 Å². The lowest BCUT2D eigenvalue weighted by Crippen LogP contribution is -1.88. The smallest absolute Gasteiger partial charge is 0.131 e. The average molecular weight is 323 g/mol. The molecule has 112 valence electrons. The first kappa shape index (κ1) is 14.0. The van der Waals surface area contributed by atoms with Crippen LogP contribution in [-0.4, -0.2) is 5.11 Å². The number of hydrogen-bond acceptors (Lipinski definition) is 1. The molecule has 4 aromatic rings. The predicted molar refractivity (Wildman–Crippen MR) is 93.5 cm³/mol. The normalized spacial score (nSPS) is 11.2. The summed E-state index contributed by atoms with van der Waals surface area (Å²) in [6.07, 6.45) is 0. The molecule has 0 aliphatic carbocycles. The number of phenolic OH excluding ortho intramolecular Hbond substituents is 1. The monoisotopic (exact) mass is 322 g/mol. The Bertz CT molecular complexity index is 1050. The molecule has 0 bridgehead atoms. The van der Waals surface area contributed by atoms with Gasteiger partial charge in [0.1, 0.15) is 11.6 Å². The molecule has 3 heteroatoms. The van der Waals surface area contributed by atoms with Gasteiger partial charge in [0.25, 0.3) is 0 Å². The van der Waals surface area contributed by atoms with E-state index in [9.17, 15) is 9.50 Å². The molecule has 0 heterocycles. The second-order valence-electron chi connectivity index (χ2n) is 5.44. The second kappa shape index (κ2) is 5.25. The summed E-state index contributed by atoms with van der Waals surface area (Å²) >= 11 is 6.22. The molecule has 0 amide bonds. The molecule has 0 aromatic heterocycles. The van der Waals surface area contributed by atoms with Crippen molar-refractivity contribution in [1.82, 2.24) is 0 Å². The van der Waals surface area contributed by atoms with Crippen molar-refractivity contribution < 1.29 is 9.50 Å². The van der Waals surface area contributed by atoms with Crippen molar-refractivity contribution >= 4 is 33.1 Å². The van der Waals surface area contributed by atoms with Gasteiger partial charge >= 0.3 is 0 Å². The van der Waals surface area contributed by atoms with Gasteiger partial charge in [-0.3, -0.25) is 0 Å². The van der Waals surface area contributed by atoms with Crippen LogP contribution in [0.1, 0.15) is 0 Å². The van der Waals surface area contributed by atoms with Gasteiger partial charge in [-0.2, -0.15) is 0 Å². The van der Waals surface area contributed by atoms with Crippen LogP contribution in [0.4, 0.5) is 4.39 Å². The number of phenols is 1. The van der Waals surface area contributed by atoms with Gasteiger partial charge < -0.3 is 5.11 Å². The summed E-state index contributed by atoms with van der Waals surface area (Å²) < 4.78 is 14.5. The molecule has 23 heavy (non-hydrogen) atoms. The Morgan fingerprint density at radius 3 is 2.26 bits per heavy atom.